The van der Waals surface area contributed by atoms with Gasteiger partial charge in [0.15, 0.2) is 5.78 Å². The van der Waals surface area contributed by atoms with E-state index in [9.17, 15) is 24.6 Å². The molecule has 7 unspecified atom stereocenters. The van der Waals surface area contributed by atoms with Crippen LogP contribution in [0, 0.1) is 39.4 Å². The number of hydrogen-bond acceptors (Lipinski definition) is 5. The van der Waals surface area contributed by atoms with Crippen molar-refractivity contribution in [2.24, 2.45) is 39.4 Å². The third kappa shape index (κ3) is 3.52. The lowest BCUT2D eigenvalue weighted by molar-refractivity contribution is -0.173. The van der Waals surface area contributed by atoms with Crippen LogP contribution in [-0.4, -0.2) is 39.3 Å². The van der Waals surface area contributed by atoms with Crippen molar-refractivity contribution in [2.45, 2.75) is 98.7 Å². The van der Waals surface area contributed by atoms with E-state index in [0.717, 1.165) is 12.8 Å². The quantitative estimate of drug-likeness (QED) is 0.463. The van der Waals surface area contributed by atoms with E-state index in [1.165, 1.54) is 17.7 Å². The van der Waals surface area contributed by atoms with Crippen LogP contribution in [0.4, 0.5) is 0 Å². The molecule has 0 heterocycles. The molecule has 4 aliphatic rings. The third-order valence-corrected chi connectivity index (χ3v) is 10.6. The molecule has 0 bridgehead atoms. The molecule has 0 aliphatic heterocycles. The molecule has 2 N–H and O–H groups in total. The van der Waals surface area contributed by atoms with Crippen LogP contribution in [0.1, 0.15) is 87.0 Å². The predicted molar refractivity (Wildman–Crippen MR) is 131 cm³/mol. The highest BCUT2D eigenvalue weighted by atomic mass is 16.3. The van der Waals surface area contributed by atoms with Crippen LogP contribution in [0.15, 0.2) is 23.8 Å². The Labute approximate surface area is 204 Å². The molecule has 0 saturated heterocycles. The second-order valence-corrected chi connectivity index (χ2v) is 13.5. The Morgan fingerprint density at radius 3 is 2.38 bits per heavy atom. The Bertz CT molecular complexity index is 981. The SMILES string of the molecule is CC(C)(O)/C=C/C(=O)C(O)C1CCC2(C)C3CC=C4C(CC(=O)CC4(C)C)C3(C)C(=O)CC12C. The molecule has 5 nitrogen and oxygen atoms in total. The smallest absolute Gasteiger partial charge is 0.184 e. The van der Waals surface area contributed by atoms with E-state index in [1.54, 1.807) is 13.8 Å². The summed E-state index contributed by atoms with van der Waals surface area (Å²) in [5.41, 5.74) is -1.42. The fourth-order valence-electron chi connectivity index (χ4n) is 8.47. The molecule has 4 rings (SSSR count). The summed E-state index contributed by atoms with van der Waals surface area (Å²) in [4.78, 5) is 39.6. The Hall–Kier alpha value is -1.59. The number of ketones is 3. The average molecular weight is 471 g/mol. The zero-order chi connectivity index (χ0) is 25.5. The van der Waals surface area contributed by atoms with Gasteiger partial charge in [-0.1, -0.05) is 52.3 Å². The van der Waals surface area contributed by atoms with Crippen molar-refractivity contribution in [1.29, 1.82) is 0 Å². The van der Waals surface area contributed by atoms with Crippen molar-refractivity contribution in [3.05, 3.63) is 23.8 Å². The summed E-state index contributed by atoms with van der Waals surface area (Å²) in [7, 11) is 0. The summed E-state index contributed by atoms with van der Waals surface area (Å²) < 4.78 is 0. The van der Waals surface area contributed by atoms with E-state index in [4.69, 9.17) is 0 Å². The largest absolute Gasteiger partial charge is 0.386 e. The van der Waals surface area contributed by atoms with Crippen molar-refractivity contribution in [2.75, 3.05) is 0 Å². The van der Waals surface area contributed by atoms with Crippen LogP contribution in [-0.2, 0) is 14.4 Å². The molecular formula is C29H42O5. The Morgan fingerprint density at radius 2 is 1.76 bits per heavy atom. The maximum absolute atomic E-state index is 14.1. The Morgan fingerprint density at radius 1 is 1.12 bits per heavy atom. The van der Waals surface area contributed by atoms with E-state index in [1.807, 2.05) is 0 Å². The van der Waals surface area contributed by atoms with Crippen LogP contribution >= 0.6 is 0 Å². The lowest BCUT2D eigenvalue weighted by Gasteiger charge is -2.64. The van der Waals surface area contributed by atoms with Gasteiger partial charge >= 0.3 is 0 Å². The first-order valence-electron chi connectivity index (χ1n) is 12.9. The van der Waals surface area contributed by atoms with Crippen molar-refractivity contribution in [3.63, 3.8) is 0 Å². The molecule has 0 aromatic rings. The number of aliphatic hydroxyl groups is 2. The molecule has 0 spiro atoms. The second kappa shape index (κ2) is 7.70. The highest BCUT2D eigenvalue weighted by Gasteiger charge is 2.70. The monoisotopic (exact) mass is 470 g/mol. The molecule has 3 fully saturated rings. The number of aliphatic hydroxyl groups excluding tert-OH is 1. The maximum atomic E-state index is 14.1. The van der Waals surface area contributed by atoms with Crippen molar-refractivity contribution >= 4 is 17.3 Å². The summed E-state index contributed by atoms with van der Waals surface area (Å²) in [6.45, 7) is 13.9. The number of allylic oxidation sites excluding steroid dienone is 2. The Balaban J connectivity index is 1.71. The van der Waals surface area contributed by atoms with Gasteiger partial charge in [-0.05, 0) is 73.2 Å². The van der Waals surface area contributed by atoms with Gasteiger partial charge in [0, 0.05) is 24.7 Å². The number of rotatable bonds is 4. The maximum Gasteiger partial charge on any atom is 0.184 e. The molecule has 4 aliphatic carbocycles. The van der Waals surface area contributed by atoms with E-state index < -0.39 is 28.3 Å². The van der Waals surface area contributed by atoms with Crippen LogP contribution in [0.3, 0.4) is 0 Å². The molecule has 7 atom stereocenters. The lowest BCUT2D eigenvalue weighted by Crippen LogP contribution is -2.63. The van der Waals surface area contributed by atoms with Gasteiger partial charge in [-0.25, -0.2) is 0 Å². The molecule has 188 valence electrons. The summed E-state index contributed by atoms with van der Waals surface area (Å²) in [5.74, 6) is -0.303. The van der Waals surface area contributed by atoms with Crippen LogP contribution in [0.25, 0.3) is 0 Å². The predicted octanol–water partition coefficient (Wildman–Crippen LogP) is 4.60. The Kier molecular flexibility index (Phi) is 5.78. The van der Waals surface area contributed by atoms with Gasteiger partial charge in [-0.3, -0.25) is 14.4 Å². The summed E-state index contributed by atoms with van der Waals surface area (Å²) >= 11 is 0. The van der Waals surface area contributed by atoms with Gasteiger partial charge in [0.2, 0.25) is 0 Å². The number of Topliss-reactive ketones (excluding diaryl/α,β-unsaturated/α-hetero) is 2. The van der Waals surface area contributed by atoms with Gasteiger partial charge < -0.3 is 10.2 Å². The summed E-state index contributed by atoms with van der Waals surface area (Å²) in [6, 6.07) is 0. The third-order valence-electron chi connectivity index (χ3n) is 10.6. The summed E-state index contributed by atoms with van der Waals surface area (Å²) in [6.07, 6.45) is 7.42. The first-order chi connectivity index (χ1) is 15.5. The standard InChI is InChI=1S/C29H42O5/c1-25(2)15-17(30)14-20-18(25)8-9-22-27(5)13-10-19(24(33)21(31)11-12-26(3,4)34)28(27,6)16-23(32)29(20,22)7/h8,11-12,19-20,22,24,33-34H,9-10,13-16H2,1-7H3/b12-11+. The first-order valence-corrected chi connectivity index (χ1v) is 12.9. The second-order valence-electron chi connectivity index (χ2n) is 13.5. The normalized spacial score (nSPS) is 42.6. The van der Waals surface area contributed by atoms with Gasteiger partial charge in [0.25, 0.3) is 0 Å². The fourth-order valence-corrected chi connectivity index (χ4v) is 8.47. The minimum atomic E-state index is -1.20. The van der Waals surface area contributed by atoms with Gasteiger partial charge in [0.1, 0.15) is 17.7 Å². The number of hydrogen-bond donors (Lipinski definition) is 2. The topological polar surface area (TPSA) is 91.7 Å². The van der Waals surface area contributed by atoms with Crippen molar-refractivity contribution in [3.8, 4) is 0 Å². The molecule has 0 amide bonds. The molecule has 5 heteroatoms. The van der Waals surface area contributed by atoms with Crippen LogP contribution in [0.2, 0.25) is 0 Å². The van der Waals surface area contributed by atoms with E-state index >= 15 is 0 Å². The van der Waals surface area contributed by atoms with Gasteiger partial charge in [-0.2, -0.15) is 0 Å². The van der Waals surface area contributed by atoms with Crippen LogP contribution in [0.5, 0.6) is 0 Å². The van der Waals surface area contributed by atoms with E-state index in [0.29, 0.717) is 25.7 Å². The molecular weight excluding hydrogens is 428 g/mol. The molecule has 0 aromatic heterocycles. The minimum absolute atomic E-state index is 0.0586. The van der Waals surface area contributed by atoms with Crippen molar-refractivity contribution in [1.82, 2.24) is 0 Å². The molecule has 34 heavy (non-hydrogen) atoms. The zero-order valence-corrected chi connectivity index (χ0v) is 21.9. The zero-order valence-electron chi connectivity index (χ0n) is 21.9. The van der Waals surface area contributed by atoms with E-state index in [2.05, 4.69) is 40.7 Å². The number of carbonyl (C=O) groups excluding carboxylic acids is 3. The summed E-state index contributed by atoms with van der Waals surface area (Å²) in [5, 5.41) is 21.1. The first kappa shape index (κ1) is 25.5. The van der Waals surface area contributed by atoms with Crippen LogP contribution < -0.4 is 0 Å². The molecule has 3 saturated carbocycles. The minimum Gasteiger partial charge on any atom is -0.386 e. The fraction of sp³-hybridized carbons (Fsp3) is 0.759. The highest BCUT2D eigenvalue weighted by molar-refractivity contribution is 5.94. The van der Waals surface area contributed by atoms with E-state index in [-0.39, 0.29) is 40.2 Å². The van der Waals surface area contributed by atoms with Crippen molar-refractivity contribution < 1.29 is 24.6 Å². The number of fused-ring (bicyclic) bond motifs is 5. The highest BCUT2D eigenvalue weighted by Crippen LogP contribution is 2.73. The number of carbonyl (C=O) groups is 3. The van der Waals surface area contributed by atoms with Gasteiger partial charge in [-0.15, -0.1) is 0 Å². The van der Waals surface area contributed by atoms with Gasteiger partial charge in [0.05, 0.1) is 5.60 Å². The molecule has 0 aromatic carbocycles. The molecule has 0 radical (unpaired) electrons. The lowest BCUT2D eigenvalue weighted by atomic mass is 9.39. The average Bonchev–Trinajstić information content (AvgIpc) is 2.96.